The van der Waals surface area contributed by atoms with Crippen LogP contribution in [0.5, 0.6) is 0 Å². The van der Waals surface area contributed by atoms with Crippen LogP contribution >= 0.6 is 0 Å². The maximum absolute atomic E-state index is 13.3. The third-order valence-electron chi connectivity index (χ3n) is 6.02. The van der Waals surface area contributed by atoms with Gasteiger partial charge in [0.1, 0.15) is 17.5 Å². The van der Waals surface area contributed by atoms with Crippen LogP contribution in [0.15, 0.2) is 47.2 Å². The number of ether oxygens (including phenoxy) is 1. The van der Waals surface area contributed by atoms with E-state index >= 15 is 0 Å². The molecule has 0 unspecified atom stereocenters. The van der Waals surface area contributed by atoms with Gasteiger partial charge in [0.05, 0.1) is 30.9 Å². The van der Waals surface area contributed by atoms with Crippen molar-refractivity contribution < 1.29 is 23.6 Å². The predicted molar refractivity (Wildman–Crippen MR) is 131 cm³/mol. The quantitative estimate of drug-likeness (QED) is 0.337. The molecule has 0 aliphatic heterocycles. The molecule has 2 atom stereocenters. The number of imidazole rings is 1. The molecule has 0 radical (unpaired) electrons. The first-order valence-electron chi connectivity index (χ1n) is 11.8. The van der Waals surface area contributed by atoms with Gasteiger partial charge >= 0.3 is 0 Å². The zero-order chi connectivity index (χ0) is 25.4. The lowest BCUT2D eigenvalue weighted by atomic mass is 10.1. The highest BCUT2D eigenvalue weighted by Crippen LogP contribution is 2.43. The molecule has 9 nitrogen and oxygen atoms in total. The number of hydrogen-bond acceptors (Lipinski definition) is 7. The van der Waals surface area contributed by atoms with E-state index in [1.165, 1.54) is 6.20 Å². The van der Waals surface area contributed by atoms with Gasteiger partial charge in [-0.15, -0.1) is 0 Å². The van der Waals surface area contributed by atoms with Crippen molar-refractivity contribution in [2.75, 3.05) is 18.5 Å². The Bertz CT molecular complexity index is 1410. The molecule has 4 aromatic rings. The number of amides is 1. The van der Waals surface area contributed by atoms with Gasteiger partial charge in [0.15, 0.2) is 0 Å². The Morgan fingerprint density at radius 2 is 2.14 bits per heavy atom. The van der Waals surface area contributed by atoms with E-state index in [-0.39, 0.29) is 18.4 Å². The van der Waals surface area contributed by atoms with Gasteiger partial charge in [0.2, 0.25) is 11.7 Å². The van der Waals surface area contributed by atoms with Crippen LogP contribution < -0.4 is 5.32 Å². The topological polar surface area (TPSA) is 115 Å². The number of hydrogen-bond donors (Lipinski definition) is 2. The molecule has 0 saturated heterocycles. The largest absolute Gasteiger partial charge is 0.388 e. The minimum atomic E-state index is -0.917. The number of anilines is 1. The van der Waals surface area contributed by atoms with Gasteiger partial charge in [-0.05, 0) is 62.9 Å². The number of aryl methyl sites for hydroxylation is 1. The van der Waals surface area contributed by atoms with Crippen LogP contribution in [0.25, 0.3) is 17.0 Å². The third kappa shape index (κ3) is 5.29. The van der Waals surface area contributed by atoms with Gasteiger partial charge in [0.25, 0.3) is 5.91 Å². The molecule has 1 aliphatic carbocycles. The van der Waals surface area contributed by atoms with E-state index in [4.69, 9.17) is 9.26 Å². The van der Waals surface area contributed by atoms with Gasteiger partial charge < -0.3 is 19.7 Å². The Labute approximate surface area is 207 Å². The molecule has 0 spiro atoms. The summed E-state index contributed by atoms with van der Waals surface area (Å²) < 4.78 is 25.8. The molecule has 1 saturated carbocycles. The first kappa shape index (κ1) is 24.1. The lowest BCUT2D eigenvalue weighted by Crippen LogP contribution is -2.26. The number of aliphatic hydroxyl groups is 1. The summed E-state index contributed by atoms with van der Waals surface area (Å²) in [6.07, 6.45) is 3.50. The Morgan fingerprint density at radius 1 is 1.33 bits per heavy atom. The molecule has 36 heavy (non-hydrogen) atoms. The average Bonchev–Trinajstić information content (AvgIpc) is 3.22. The number of carbonyl (C=O) groups is 1. The molecule has 1 fully saturated rings. The van der Waals surface area contributed by atoms with Gasteiger partial charge in [-0.1, -0.05) is 17.3 Å². The van der Waals surface area contributed by atoms with Gasteiger partial charge in [-0.25, -0.2) is 9.37 Å². The third-order valence-corrected chi connectivity index (χ3v) is 6.02. The molecule has 5 rings (SSSR count). The van der Waals surface area contributed by atoms with E-state index in [0.29, 0.717) is 53.8 Å². The van der Waals surface area contributed by atoms with Crippen molar-refractivity contribution in [1.29, 1.82) is 0 Å². The Kier molecular flexibility index (Phi) is 6.31. The Balaban J connectivity index is 1.28. The van der Waals surface area contributed by atoms with Crippen LogP contribution in [0.3, 0.4) is 0 Å². The fourth-order valence-electron chi connectivity index (χ4n) is 3.86. The summed E-state index contributed by atoms with van der Waals surface area (Å²) in [7, 11) is 0. The molecule has 10 heteroatoms. The van der Waals surface area contributed by atoms with Crippen molar-refractivity contribution in [3.05, 3.63) is 65.4 Å². The minimum Gasteiger partial charge on any atom is -0.388 e. The summed E-state index contributed by atoms with van der Waals surface area (Å²) >= 11 is 0. The van der Waals surface area contributed by atoms with Gasteiger partial charge in [-0.2, -0.15) is 4.98 Å². The zero-order valence-corrected chi connectivity index (χ0v) is 20.4. The second-order valence-electron chi connectivity index (χ2n) is 9.82. The van der Waals surface area contributed by atoms with Crippen LogP contribution in [0.4, 0.5) is 10.1 Å². The van der Waals surface area contributed by atoms with Crippen molar-refractivity contribution in [3.63, 3.8) is 0 Å². The zero-order valence-electron chi connectivity index (χ0n) is 20.4. The molecule has 0 bridgehead atoms. The minimum absolute atomic E-state index is 0.260. The number of halogens is 1. The fourth-order valence-corrected chi connectivity index (χ4v) is 3.86. The van der Waals surface area contributed by atoms with E-state index in [2.05, 4.69) is 20.4 Å². The SMILES string of the molecule is Cc1ccc(-c2noc([C@H]3C[C@@H]3F)n2)cc1NC(=O)c1cnc2cc(CCOCC(C)(C)O)ccn12. The number of fused-ring (bicyclic) bond motifs is 1. The smallest absolute Gasteiger partial charge is 0.274 e. The number of aromatic nitrogens is 4. The maximum atomic E-state index is 13.3. The monoisotopic (exact) mass is 493 g/mol. The van der Waals surface area contributed by atoms with Crippen LogP contribution in [0.1, 0.15) is 53.7 Å². The number of pyridine rings is 1. The Morgan fingerprint density at radius 3 is 2.89 bits per heavy atom. The number of nitrogens with one attached hydrogen (secondary N) is 1. The lowest BCUT2D eigenvalue weighted by molar-refractivity contribution is -0.0198. The van der Waals surface area contributed by atoms with Gasteiger partial charge in [0, 0.05) is 17.4 Å². The fraction of sp³-hybridized carbons (Fsp3) is 0.385. The molecular formula is C26H28FN5O4. The predicted octanol–water partition coefficient (Wildman–Crippen LogP) is 4.10. The van der Waals surface area contributed by atoms with Crippen molar-refractivity contribution in [2.45, 2.75) is 51.3 Å². The first-order valence-corrected chi connectivity index (χ1v) is 11.8. The second kappa shape index (κ2) is 9.44. The summed E-state index contributed by atoms with van der Waals surface area (Å²) in [6, 6.07) is 9.29. The summed E-state index contributed by atoms with van der Waals surface area (Å²) in [5.41, 5.74) is 3.33. The van der Waals surface area contributed by atoms with E-state index in [1.54, 1.807) is 24.3 Å². The summed E-state index contributed by atoms with van der Waals surface area (Å²) in [5.74, 6) is 0.0360. The molecule has 1 aromatic carbocycles. The molecule has 188 valence electrons. The van der Waals surface area contributed by atoms with E-state index in [9.17, 15) is 14.3 Å². The van der Waals surface area contributed by atoms with Gasteiger partial charge in [-0.3, -0.25) is 9.20 Å². The van der Waals surface area contributed by atoms with E-state index in [1.807, 2.05) is 37.4 Å². The molecule has 2 N–H and O–H groups in total. The molecule has 3 heterocycles. The second-order valence-corrected chi connectivity index (χ2v) is 9.82. The van der Waals surface area contributed by atoms with Crippen LogP contribution in [0, 0.1) is 6.92 Å². The number of rotatable bonds is 9. The first-order chi connectivity index (χ1) is 17.2. The molecule has 1 amide bonds. The highest BCUT2D eigenvalue weighted by atomic mass is 19.1. The van der Waals surface area contributed by atoms with Crippen molar-refractivity contribution in [2.24, 2.45) is 0 Å². The highest BCUT2D eigenvalue weighted by molar-refractivity contribution is 6.04. The standard InChI is InChI=1S/C26H28FN5O4/c1-15-4-5-17(23-30-25(36-31-23)18-12-19(18)27)11-20(15)29-24(33)21-13-28-22-10-16(6-8-32(21)22)7-9-35-14-26(2,3)34/h4-6,8,10-11,13,18-19,34H,7,9,12,14H2,1-3H3,(H,29,33)/t18-,19-/m0/s1. The number of alkyl halides is 1. The van der Waals surface area contributed by atoms with E-state index in [0.717, 1.165) is 11.1 Å². The normalized spacial score (nSPS) is 17.5. The van der Waals surface area contributed by atoms with Crippen molar-refractivity contribution in [1.82, 2.24) is 19.5 Å². The number of benzene rings is 1. The van der Waals surface area contributed by atoms with Crippen LogP contribution in [-0.4, -0.2) is 55.5 Å². The number of nitrogens with zero attached hydrogens (tertiary/aromatic N) is 4. The van der Waals surface area contributed by atoms with Crippen LogP contribution in [0.2, 0.25) is 0 Å². The van der Waals surface area contributed by atoms with Crippen molar-refractivity contribution in [3.8, 4) is 11.4 Å². The summed E-state index contributed by atoms with van der Waals surface area (Å²) in [4.78, 5) is 21.8. The lowest BCUT2D eigenvalue weighted by Gasteiger charge is -2.16. The van der Waals surface area contributed by atoms with E-state index < -0.39 is 11.8 Å². The Hall–Kier alpha value is -3.63. The number of carbonyl (C=O) groups excluding carboxylic acids is 1. The average molecular weight is 494 g/mol. The highest BCUT2D eigenvalue weighted by Gasteiger charge is 2.43. The summed E-state index contributed by atoms with van der Waals surface area (Å²) in [6.45, 7) is 6.02. The molecule has 1 aliphatic rings. The summed E-state index contributed by atoms with van der Waals surface area (Å²) in [5, 5.41) is 16.7. The molecular weight excluding hydrogens is 465 g/mol. The maximum Gasteiger partial charge on any atom is 0.274 e. The van der Waals surface area contributed by atoms with Crippen LogP contribution in [-0.2, 0) is 11.2 Å². The molecule has 3 aromatic heterocycles. The van der Waals surface area contributed by atoms with Crippen molar-refractivity contribution >= 4 is 17.2 Å².